The topological polar surface area (TPSA) is 93.8 Å². The van der Waals surface area contributed by atoms with Crippen LogP contribution < -0.4 is 10.2 Å². The van der Waals surface area contributed by atoms with E-state index in [2.05, 4.69) is 36.3 Å². The van der Waals surface area contributed by atoms with Gasteiger partial charge in [-0.3, -0.25) is 4.79 Å². The molecule has 10 heteroatoms. The van der Waals surface area contributed by atoms with Gasteiger partial charge in [0.2, 0.25) is 5.91 Å². The number of carbonyl (C=O) groups is 1. The quantitative estimate of drug-likeness (QED) is 0.441. The second-order valence-corrected chi connectivity index (χ2v) is 10.4. The van der Waals surface area contributed by atoms with Gasteiger partial charge in [-0.05, 0) is 51.0 Å². The van der Waals surface area contributed by atoms with Crippen LogP contribution in [0.5, 0.6) is 0 Å². The average molecular weight is 501 g/mol. The number of carbonyl (C=O) groups excluding carboxylic acids is 1. The van der Waals surface area contributed by atoms with Crippen LogP contribution in [0.2, 0.25) is 0 Å². The van der Waals surface area contributed by atoms with Crippen LogP contribution in [-0.2, 0) is 11.3 Å². The summed E-state index contributed by atoms with van der Waals surface area (Å²) in [5.74, 6) is 2.63. The molecular formula is C26H28N8OS. The monoisotopic (exact) mass is 500 g/mol. The van der Waals surface area contributed by atoms with E-state index in [0.717, 1.165) is 77.5 Å². The van der Waals surface area contributed by atoms with Crippen LogP contribution in [0, 0.1) is 19.8 Å². The van der Waals surface area contributed by atoms with Gasteiger partial charge in [-0.1, -0.05) is 30.0 Å². The van der Waals surface area contributed by atoms with Gasteiger partial charge in [-0.25, -0.2) is 9.67 Å². The van der Waals surface area contributed by atoms with Crippen LogP contribution in [0.4, 0.5) is 11.5 Å². The van der Waals surface area contributed by atoms with Crippen molar-refractivity contribution in [2.24, 2.45) is 5.92 Å². The predicted octanol–water partition coefficient (Wildman–Crippen LogP) is 4.10. The molecule has 5 heterocycles. The minimum absolute atomic E-state index is 0.0428. The Morgan fingerprint density at radius 3 is 2.53 bits per heavy atom. The van der Waals surface area contributed by atoms with Crippen LogP contribution in [-0.4, -0.2) is 54.3 Å². The van der Waals surface area contributed by atoms with Gasteiger partial charge in [0.15, 0.2) is 16.8 Å². The van der Waals surface area contributed by atoms with Gasteiger partial charge in [-0.15, -0.1) is 10.2 Å². The Labute approximate surface area is 213 Å². The predicted molar refractivity (Wildman–Crippen MR) is 141 cm³/mol. The molecule has 0 saturated carbocycles. The average Bonchev–Trinajstić information content (AvgIpc) is 3.59. The Kier molecular flexibility index (Phi) is 5.96. The fourth-order valence-electron chi connectivity index (χ4n) is 4.92. The molecule has 1 fully saturated rings. The molecule has 6 rings (SSSR count). The number of fused-ring (bicyclic) bond motifs is 1. The molecule has 36 heavy (non-hydrogen) atoms. The van der Waals surface area contributed by atoms with Crippen LogP contribution in [0.1, 0.15) is 24.2 Å². The molecule has 0 unspecified atom stereocenters. The van der Waals surface area contributed by atoms with Crippen molar-refractivity contribution in [1.29, 1.82) is 0 Å². The van der Waals surface area contributed by atoms with E-state index >= 15 is 0 Å². The molecule has 1 saturated heterocycles. The molecule has 0 atom stereocenters. The Hall–Kier alpha value is -3.66. The number of anilines is 2. The summed E-state index contributed by atoms with van der Waals surface area (Å²) in [6, 6.07) is 13.9. The Balaban J connectivity index is 1.09. The van der Waals surface area contributed by atoms with Gasteiger partial charge in [0.1, 0.15) is 0 Å². The molecule has 0 spiro atoms. The highest BCUT2D eigenvalue weighted by Gasteiger charge is 2.27. The molecule has 1 amide bonds. The highest BCUT2D eigenvalue weighted by molar-refractivity contribution is 7.99. The lowest BCUT2D eigenvalue weighted by atomic mass is 9.95. The molecule has 0 aliphatic carbocycles. The molecular weight excluding hydrogens is 472 g/mol. The Morgan fingerprint density at radius 2 is 1.81 bits per heavy atom. The van der Waals surface area contributed by atoms with Crippen molar-refractivity contribution < 1.29 is 4.79 Å². The first-order valence-corrected chi connectivity index (χ1v) is 13.3. The standard InChI is InChI=1S/C26H28N8OS/c1-17-15-18(2)34(31-17)24-8-7-23(29-30-24)32-11-9-19(10-12-32)25(35)27-21-6-4-3-5-20(21)22-16-33-13-14-36-26(33)28-22/h3-8,15-16,19H,9-14H2,1-2H3,(H,27,35). The van der Waals surface area contributed by atoms with Crippen molar-refractivity contribution >= 4 is 29.2 Å². The number of benzene rings is 1. The molecule has 9 nitrogen and oxygen atoms in total. The third-order valence-corrected chi connectivity index (χ3v) is 7.79. The van der Waals surface area contributed by atoms with Gasteiger partial charge in [0, 0.05) is 48.8 Å². The van der Waals surface area contributed by atoms with E-state index in [4.69, 9.17) is 4.98 Å². The number of para-hydroxylation sites is 1. The van der Waals surface area contributed by atoms with Crippen molar-refractivity contribution in [3.63, 3.8) is 0 Å². The number of aryl methyl sites for hydroxylation is 3. The van der Waals surface area contributed by atoms with Crippen molar-refractivity contribution in [2.75, 3.05) is 29.1 Å². The number of hydrogen-bond donors (Lipinski definition) is 1. The van der Waals surface area contributed by atoms with E-state index < -0.39 is 0 Å². The maximum absolute atomic E-state index is 13.2. The lowest BCUT2D eigenvalue weighted by molar-refractivity contribution is -0.120. The summed E-state index contributed by atoms with van der Waals surface area (Å²) in [6.45, 7) is 6.48. The van der Waals surface area contributed by atoms with E-state index in [0.29, 0.717) is 5.82 Å². The van der Waals surface area contributed by atoms with Gasteiger partial charge >= 0.3 is 0 Å². The summed E-state index contributed by atoms with van der Waals surface area (Å²) >= 11 is 1.77. The third kappa shape index (κ3) is 4.37. The number of rotatable bonds is 5. The summed E-state index contributed by atoms with van der Waals surface area (Å²) in [7, 11) is 0. The summed E-state index contributed by atoms with van der Waals surface area (Å²) in [5, 5.41) is 17.5. The van der Waals surface area contributed by atoms with Crippen molar-refractivity contribution in [3.05, 3.63) is 60.0 Å². The molecule has 1 N–H and O–H groups in total. The largest absolute Gasteiger partial charge is 0.355 e. The zero-order chi connectivity index (χ0) is 24.6. The number of aromatic nitrogens is 6. The van der Waals surface area contributed by atoms with Gasteiger partial charge in [0.25, 0.3) is 0 Å². The smallest absolute Gasteiger partial charge is 0.227 e. The first-order valence-electron chi connectivity index (χ1n) is 12.3. The van der Waals surface area contributed by atoms with E-state index in [1.807, 2.05) is 56.3 Å². The van der Waals surface area contributed by atoms with Gasteiger partial charge in [-0.2, -0.15) is 5.10 Å². The zero-order valence-electron chi connectivity index (χ0n) is 20.4. The first kappa shape index (κ1) is 22.8. The van der Waals surface area contributed by atoms with E-state index in [1.165, 1.54) is 0 Å². The van der Waals surface area contributed by atoms with E-state index in [1.54, 1.807) is 16.4 Å². The number of nitrogens with zero attached hydrogens (tertiary/aromatic N) is 7. The Morgan fingerprint density at radius 1 is 1.03 bits per heavy atom. The maximum Gasteiger partial charge on any atom is 0.227 e. The van der Waals surface area contributed by atoms with Crippen LogP contribution >= 0.6 is 11.8 Å². The highest BCUT2D eigenvalue weighted by atomic mass is 32.2. The van der Waals surface area contributed by atoms with Gasteiger partial charge in [0.05, 0.1) is 17.1 Å². The van der Waals surface area contributed by atoms with E-state index in [9.17, 15) is 4.79 Å². The second kappa shape index (κ2) is 9.42. The molecule has 2 aliphatic rings. The van der Waals surface area contributed by atoms with Crippen molar-refractivity contribution in [2.45, 2.75) is 38.4 Å². The first-order chi connectivity index (χ1) is 17.5. The normalized spacial score (nSPS) is 15.8. The minimum atomic E-state index is -0.0428. The highest BCUT2D eigenvalue weighted by Crippen LogP contribution is 2.33. The summed E-state index contributed by atoms with van der Waals surface area (Å²) in [4.78, 5) is 20.1. The van der Waals surface area contributed by atoms with Crippen molar-refractivity contribution in [3.8, 4) is 17.1 Å². The van der Waals surface area contributed by atoms with Crippen LogP contribution in [0.15, 0.2) is 53.8 Å². The lowest BCUT2D eigenvalue weighted by Crippen LogP contribution is -2.38. The number of nitrogens with one attached hydrogen (secondary N) is 1. The Bertz CT molecular complexity index is 1380. The summed E-state index contributed by atoms with van der Waals surface area (Å²) < 4.78 is 3.98. The number of amides is 1. The van der Waals surface area contributed by atoms with E-state index in [-0.39, 0.29) is 11.8 Å². The number of imidazole rings is 1. The summed E-state index contributed by atoms with van der Waals surface area (Å²) in [6.07, 6.45) is 3.62. The SMILES string of the molecule is Cc1cc(C)n(-c2ccc(N3CCC(C(=O)Nc4ccccc4-c4cn5c(n4)SCC5)CC3)nn2)n1. The second-order valence-electron chi connectivity index (χ2n) is 9.34. The van der Waals surface area contributed by atoms with Crippen LogP contribution in [0.25, 0.3) is 17.1 Å². The molecule has 2 aliphatic heterocycles. The number of hydrogen-bond acceptors (Lipinski definition) is 7. The molecule has 4 aromatic rings. The fourth-order valence-corrected chi connectivity index (χ4v) is 5.86. The fraction of sp³-hybridized carbons (Fsp3) is 0.346. The third-order valence-electron chi connectivity index (χ3n) is 6.82. The maximum atomic E-state index is 13.2. The number of piperidine rings is 1. The zero-order valence-corrected chi connectivity index (χ0v) is 21.2. The number of thioether (sulfide) groups is 1. The summed E-state index contributed by atoms with van der Waals surface area (Å²) in [5.41, 5.74) is 4.67. The van der Waals surface area contributed by atoms with Gasteiger partial charge < -0.3 is 14.8 Å². The molecule has 184 valence electrons. The molecule has 3 aromatic heterocycles. The molecule has 0 bridgehead atoms. The van der Waals surface area contributed by atoms with Crippen LogP contribution in [0.3, 0.4) is 0 Å². The molecule has 1 aromatic carbocycles. The minimum Gasteiger partial charge on any atom is -0.355 e. The lowest BCUT2D eigenvalue weighted by Gasteiger charge is -2.32. The molecule has 0 radical (unpaired) electrons. The van der Waals surface area contributed by atoms with Crippen molar-refractivity contribution in [1.82, 2.24) is 29.5 Å².